The quantitative estimate of drug-likeness (QED) is 0.0989. The van der Waals surface area contributed by atoms with Crippen LogP contribution in [0.15, 0.2) is 41.3 Å². The number of hydrogen-bond acceptors (Lipinski definition) is 4. The zero-order valence-electron chi connectivity index (χ0n) is 24.1. The summed E-state index contributed by atoms with van der Waals surface area (Å²) in [6, 6.07) is 9.36. The number of hydrogen-bond donors (Lipinski definition) is 0. The van der Waals surface area contributed by atoms with E-state index in [9.17, 15) is 31.2 Å². The van der Waals surface area contributed by atoms with Crippen LogP contribution in [-0.4, -0.2) is 53.4 Å². The number of benzene rings is 1. The molecule has 0 amide bonds. The molecule has 2 heterocycles. The summed E-state index contributed by atoms with van der Waals surface area (Å²) in [4.78, 5) is 27.9. The van der Waals surface area contributed by atoms with Crippen molar-refractivity contribution in [3.8, 4) is 0 Å². The molecule has 5 nitrogen and oxygen atoms in total. The first-order valence-electron chi connectivity index (χ1n) is 14.2. The van der Waals surface area contributed by atoms with Crippen molar-refractivity contribution in [2.24, 2.45) is 5.92 Å². The summed E-state index contributed by atoms with van der Waals surface area (Å²) < 4.78 is 71.4. The zero-order chi connectivity index (χ0) is 30.2. The number of alkyl halides is 8. The second-order valence-electron chi connectivity index (χ2n) is 10.6. The molecule has 1 aromatic heterocycles. The van der Waals surface area contributed by atoms with Crippen LogP contribution in [0.25, 0.3) is 0 Å². The van der Waals surface area contributed by atoms with E-state index in [0.29, 0.717) is 42.0 Å². The van der Waals surface area contributed by atoms with E-state index in [-0.39, 0.29) is 17.4 Å². The van der Waals surface area contributed by atoms with Gasteiger partial charge < -0.3 is 0 Å². The fourth-order valence-electron chi connectivity index (χ4n) is 5.02. The summed E-state index contributed by atoms with van der Waals surface area (Å²) in [5, 5.41) is 0. The molecule has 0 N–H and O–H groups in total. The van der Waals surface area contributed by atoms with Crippen LogP contribution < -0.4 is 0 Å². The van der Waals surface area contributed by atoms with E-state index in [0.717, 1.165) is 49.8 Å². The predicted molar refractivity (Wildman–Crippen MR) is 177 cm³/mol. The van der Waals surface area contributed by atoms with E-state index >= 15 is 0 Å². The molecule has 0 spiro atoms. The number of halogens is 5. The van der Waals surface area contributed by atoms with E-state index in [4.69, 9.17) is 0 Å². The number of ketones is 2. The van der Waals surface area contributed by atoms with Crippen LogP contribution in [-0.2, 0) is 20.0 Å². The van der Waals surface area contributed by atoms with Crippen molar-refractivity contribution in [2.75, 3.05) is 22.6 Å². The second-order valence-corrected chi connectivity index (χ2v) is 29.1. The standard InChI is InChI=1S/C30H42F3I2NO4S/c1-4-6-19-35(17-5-2)41(39,40)26-13-9-24(10-14-26)28(37)22-23-8-11-25-12-15-27(29(38)30(31,32)33)36(25)21-7-18-34(3)20-16-23/h9-10,12-15,23H,4-8,11,16-22H2,1-3H3. The van der Waals surface area contributed by atoms with Gasteiger partial charge in [-0.25, -0.2) is 0 Å². The Labute approximate surface area is 255 Å². The molecule has 11 heteroatoms. The molecule has 1 atom stereocenters. The van der Waals surface area contributed by atoms with Crippen molar-refractivity contribution < 1.29 is 31.2 Å². The number of Topliss-reactive ketones (excluding diaryl/α,β-unsaturated/α-hetero) is 2. The number of nitrogens with zero attached hydrogens (tertiary/aromatic N) is 1. The van der Waals surface area contributed by atoms with Gasteiger partial charge in [-0.3, -0.25) is 0 Å². The first-order chi connectivity index (χ1) is 19.4. The van der Waals surface area contributed by atoms with Crippen molar-refractivity contribution in [1.29, 1.82) is 0 Å². The third-order valence-corrected chi connectivity index (χ3v) is 26.6. The van der Waals surface area contributed by atoms with Crippen molar-refractivity contribution in [3.63, 3.8) is 0 Å². The van der Waals surface area contributed by atoms with E-state index in [1.807, 2.05) is 6.92 Å². The summed E-state index contributed by atoms with van der Waals surface area (Å²) in [5.41, 5.74) is 0.901. The van der Waals surface area contributed by atoms with Gasteiger partial charge >= 0.3 is 257 Å². The van der Waals surface area contributed by atoms with Gasteiger partial charge in [0.05, 0.1) is 0 Å². The van der Waals surface area contributed by atoms with Crippen LogP contribution >= 0.6 is 38.3 Å². The van der Waals surface area contributed by atoms with Gasteiger partial charge in [0.2, 0.25) is 0 Å². The molecule has 0 radical (unpaired) electrons. The monoisotopic (exact) mass is 823 g/mol. The normalized spacial score (nSPS) is 18.3. The van der Waals surface area contributed by atoms with Gasteiger partial charge in [0, 0.05) is 0 Å². The average Bonchev–Trinajstić information content (AvgIpc) is 3.32. The Hall–Kier alpha value is -0.960. The third-order valence-electron chi connectivity index (χ3n) is 7.36. The molecule has 1 aliphatic rings. The fourth-order valence-corrected chi connectivity index (χ4v) is 21.9. The van der Waals surface area contributed by atoms with Crippen LogP contribution in [0.5, 0.6) is 0 Å². The molecule has 1 unspecified atom stereocenters. The van der Waals surface area contributed by atoms with Crippen molar-refractivity contribution in [3.05, 3.63) is 53.3 Å². The minimum absolute atomic E-state index is 0.0384. The first kappa shape index (κ1) is 34.5. The predicted octanol–water partition coefficient (Wildman–Crippen LogP) is 8.39. The molecule has 1 aliphatic heterocycles. The van der Waals surface area contributed by atoms with Gasteiger partial charge in [0.1, 0.15) is 0 Å². The van der Waals surface area contributed by atoms with Crippen LogP contribution in [0.3, 0.4) is 0 Å². The fraction of sp³-hybridized carbons (Fsp3) is 0.600. The molecule has 41 heavy (non-hydrogen) atoms. The summed E-state index contributed by atoms with van der Waals surface area (Å²) in [6.45, 7) is 4.50. The van der Waals surface area contributed by atoms with Gasteiger partial charge in [-0.1, -0.05) is 0 Å². The molecule has 1 aromatic carbocycles. The number of carbonyl (C=O) groups is 2. The summed E-state index contributed by atoms with van der Waals surface area (Å²) in [5.74, 6) is -1.77. The molecule has 0 saturated heterocycles. The van der Waals surface area contributed by atoms with Crippen LogP contribution in [0.2, 0.25) is 0 Å². The van der Waals surface area contributed by atoms with E-state index in [1.54, 1.807) is 34.9 Å². The summed E-state index contributed by atoms with van der Waals surface area (Å²) in [7, 11) is -3.32. The van der Waals surface area contributed by atoms with Crippen LogP contribution in [0.4, 0.5) is 13.2 Å². The SMILES string of the molecule is CCCCI(CCC)S(=O)(=O)c1ccc(C(=O)CC2CCc3ccc(C(=O)C(F)(F)F)n3CCCI(C)CC2)cc1. The number of carbonyl (C=O) groups excluding carboxylic acids is 2. The number of rotatable bonds is 11. The number of fused-ring (bicyclic) bond motifs is 1. The molecular weight excluding hydrogens is 781 g/mol. The van der Waals surface area contributed by atoms with Crippen molar-refractivity contribution >= 4 is 56.8 Å². The van der Waals surface area contributed by atoms with Crippen LogP contribution in [0.1, 0.15) is 85.3 Å². The Morgan fingerprint density at radius 3 is 2.34 bits per heavy atom. The number of unbranched alkanes of at least 4 members (excludes halogenated alkanes) is 1. The Morgan fingerprint density at radius 1 is 1.00 bits per heavy atom. The maximum absolute atomic E-state index is 13.3. The Kier molecular flexibility index (Phi) is 13.2. The molecule has 2 aromatic rings. The van der Waals surface area contributed by atoms with Gasteiger partial charge in [-0.05, 0) is 0 Å². The second kappa shape index (κ2) is 15.7. The maximum atomic E-state index is 13.3. The van der Waals surface area contributed by atoms with E-state index in [1.165, 1.54) is 6.07 Å². The number of aromatic nitrogens is 1. The zero-order valence-corrected chi connectivity index (χ0v) is 29.2. The molecule has 232 valence electrons. The minimum atomic E-state index is -4.91. The Bertz CT molecular complexity index is 1280. The van der Waals surface area contributed by atoms with Crippen molar-refractivity contribution in [1.82, 2.24) is 4.57 Å². The molecule has 0 saturated carbocycles. The Balaban J connectivity index is 1.75. The summed E-state index contributed by atoms with van der Waals surface area (Å²) >= 11 is -3.52. The van der Waals surface area contributed by atoms with E-state index < -0.39 is 57.2 Å². The molecule has 3 rings (SSSR count). The first-order valence-corrected chi connectivity index (χ1v) is 26.5. The molecule has 0 fully saturated rings. The molecule has 0 bridgehead atoms. The topological polar surface area (TPSA) is 73.2 Å². The van der Waals surface area contributed by atoms with E-state index in [2.05, 4.69) is 11.9 Å². The third kappa shape index (κ3) is 9.51. The molecular formula is C30H42F3I2NO4S. The van der Waals surface area contributed by atoms with Crippen molar-refractivity contribution in [2.45, 2.75) is 82.8 Å². The van der Waals surface area contributed by atoms with Gasteiger partial charge in [0.15, 0.2) is 0 Å². The summed E-state index contributed by atoms with van der Waals surface area (Å²) in [6.07, 6.45) is 0.959. The van der Waals surface area contributed by atoms with Gasteiger partial charge in [-0.15, -0.1) is 0 Å². The average molecular weight is 824 g/mol. The van der Waals surface area contributed by atoms with Gasteiger partial charge in [-0.2, -0.15) is 0 Å². The van der Waals surface area contributed by atoms with Crippen LogP contribution in [0, 0.1) is 5.92 Å². The van der Waals surface area contributed by atoms with Gasteiger partial charge in [0.25, 0.3) is 0 Å². The molecule has 0 aliphatic carbocycles. The Morgan fingerprint density at radius 2 is 1.71 bits per heavy atom. The number of aryl methyl sites for hydroxylation is 1.